The normalized spacial score (nSPS) is 11.0. The van der Waals surface area contributed by atoms with Crippen LogP contribution in [0.5, 0.6) is 0 Å². The molecule has 1 amide bonds. The number of carbonyl (C=O) groups is 1. The van der Waals surface area contributed by atoms with Crippen LogP contribution in [0.3, 0.4) is 0 Å². The molecule has 0 saturated carbocycles. The summed E-state index contributed by atoms with van der Waals surface area (Å²) in [6.07, 6.45) is 1.73. The first-order chi connectivity index (χ1) is 10.1. The summed E-state index contributed by atoms with van der Waals surface area (Å²) < 4.78 is 1.85. The monoisotopic (exact) mass is 300 g/mol. The summed E-state index contributed by atoms with van der Waals surface area (Å²) in [5.41, 5.74) is 2.23. The van der Waals surface area contributed by atoms with E-state index in [9.17, 15) is 4.79 Å². The topological polar surface area (TPSA) is 51.0 Å². The van der Waals surface area contributed by atoms with Crippen LogP contribution in [0.4, 0.5) is 0 Å². The molecule has 0 aromatic carbocycles. The van der Waals surface area contributed by atoms with Gasteiger partial charge < -0.3 is 4.90 Å². The largest absolute Gasteiger partial charge is 0.345 e. The molecule has 0 radical (unpaired) electrons. The van der Waals surface area contributed by atoms with Gasteiger partial charge in [-0.1, -0.05) is 6.07 Å². The van der Waals surface area contributed by atoms with E-state index in [2.05, 4.69) is 16.1 Å². The Kier molecular flexibility index (Phi) is 3.47. The third-order valence-corrected chi connectivity index (χ3v) is 4.12. The van der Waals surface area contributed by atoms with Crippen molar-refractivity contribution in [3.05, 3.63) is 45.9 Å². The van der Waals surface area contributed by atoms with Crippen LogP contribution in [0.25, 0.3) is 11.0 Å². The molecular weight excluding hydrogens is 284 g/mol. The minimum atomic E-state index is -0.0267. The first kappa shape index (κ1) is 13.8. The lowest BCUT2D eigenvalue weighted by Crippen LogP contribution is -2.22. The molecule has 108 valence electrons. The van der Waals surface area contributed by atoms with Crippen molar-refractivity contribution in [3.8, 4) is 0 Å². The van der Waals surface area contributed by atoms with Gasteiger partial charge in [0.25, 0.3) is 5.91 Å². The fourth-order valence-corrected chi connectivity index (χ4v) is 2.94. The van der Waals surface area contributed by atoms with Gasteiger partial charge in [-0.2, -0.15) is 5.10 Å². The van der Waals surface area contributed by atoms with Crippen LogP contribution in [0.15, 0.2) is 29.8 Å². The predicted octanol–water partition coefficient (Wildman–Crippen LogP) is 2.55. The number of nitrogens with zero attached hydrogens (tertiary/aromatic N) is 4. The predicted molar refractivity (Wildman–Crippen MR) is 83.7 cm³/mol. The molecule has 0 aliphatic carbocycles. The third kappa shape index (κ3) is 2.54. The highest BCUT2D eigenvalue weighted by atomic mass is 32.1. The standard InChI is InChI=1S/C15H16N4OS/c1-10-7-12(15(20)18(2)3)13-8-16-19(14(13)17-10)9-11-5-4-6-21-11/h4-8H,9H2,1-3H3. The molecule has 5 nitrogen and oxygen atoms in total. The Morgan fingerprint density at radius 1 is 1.43 bits per heavy atom. The minimum absolute atomic E-state index is 0.0267. The van der Waals surface area contributed by atoms with Crippen LogP contribution in [0, 0.1) is 6.92 Å². The van der Waals surface area contributed by atoms with Crippen LogP contribution in [-0.2, 0) is 6.54 Å². The second-order valence-corrected chi connectivity index (χ2v) is 6.16. The minimum Gasteiger partial charge on any atom is -0.345 e. The van der Waals surface area contributed by atoms with Gasteiger partial charge in [0, 0.05) is 24.7 Å². The van der Waals surface area contributed by atoms with E-state index >= 15 is 0 Å². The van der Waals surface area contributed by atoms with E-state index in [1.165, 1.54) is 4.88 Å². The molecule has 0 atom stereocenters. The Hall–Kier alpha value is -2.21. The molecule has 0 spiro atoms. The Morgan fingerprint density at radius 3 is 2.90 bits per heavy atom. The molecule has 3 rings (SSSR count). The number of hydrogen-bond acceptors (Lipinski definition) is 4. The third-order valence-electron chi connectivity index (χ3n) is 3.26. The molecule has 21 heavy (non-hydrogen) atoms. The van der Waals surface area contributed by atoms with E-state index in [0.717, 1.165) is 16.7 Å². The summed E-state index contributed by atoms with van der Waals surface area (Å²) in [6.45, 7) is 2.57. The number of amides is 1. The molecule has 0 aliphatic heterocycles. The maximum atomic E-state index is 12.3. The first-order valence-electron chi connectivity index (χ1n) is 6.63. The zero-order chi connectivity index (χ0) is 15.0. The highest BCUT2D eigenvalue weighted by Crippen LogP contribution is 2.21. The Labute approximate surface area is 126 Å². The summed E-state index contributed by atoms with van der Waals surface area (Å²) >= 11 is 1.69. The maximum absolute atomic E-state index is 12.3. The molecule has 0 bridgehead atoms. The second kappa shape index (κ2) is 5.29. The summed E-state index contributed by atoms with van der Waals surface area (Å²) in [7, 11) is 3.50. The summed E-state index contributed by atoms with van der Waals surface area (Å²) in [4.78, 5) is 19.6. The quantitative estimate of drug-likeness (QED) is 0.747. The van der Waals surface area contributed by atoms with E-state index < -0.39 is 0 Å². The van der Waals surface area contributed by atoms with Crippen molar-refractivity contribution in [1.29, 1.82) is 0 Å². The number of rotatable bonds is 3. The molecule has 3 aromatic heterocycles. The zero-order valence-electron chi connectivity index (χ0n) is 12.2. The lowest BCUT2D eigenvalue weighted by Gasteiger charge is -2.11. The van der Waals surface area contributed by atoms with Crippen molar-refractivity contribution < 1.29 is 4.79 Å². The van der Waals surface area contributed by atoms with Gasteiger partial charge >= 0.3 is 0 Å². The molecular formula is C15H16N4OS. The maximum Gasteiger partial charge on any atom is 0.254 e. The van der Waals surface area contributed by atoms with Crippen LogP contribution in [0.1, 0.15) is 20.9 Å². The second-order valence-electron chi connectivity index (χ2n) is 5.13. The van der Waals surface area contributed by atoms with Crippen molar-refractivity contribution >= 4 is 28.3 Å². The van der Waals surface area contributed by atoms with Gasteiger partial charge in [-0.15, -0.1) is 11.3 Å². The van der Waals surface area contributed by atoms with E-state index in [0.29, 0.717) is 12.1 Å². The van der Waals surface area contributed by atoms with Crippen molar-refractivity contribution in [3.63, 3.8) is 0 Å². The van der Waals surface area contributed by atoms with E-state index in [4.69, 9.17) is 0 Å². The molecule has 6 heteroatoms. The van der Waals surface area contributed by atoms with Gasteiger partial charge in [0.1, 0.15) is 0 Å². The van der Waals surface area contributed by atoms with Crippen molar-refractivity contribution in [2.75, 3.05) is 14.1 Å². The molecule has 3 heterocycles. The van der Waals surface area contributed by atoms with E-state index in [1.807, 2.05) is 29.1 Å². The number of aryl methyl sites for hydroxylation is 1. The number of fused-ring (bicyclic) bond motifs is 1. The summed E-state index contributed by atoms with van der Waals surface area (Å²) in [5.74, 6) is -0.0267. The summed E-state index contributed by atoms with van der Waals surface area (Å²) in [6, 6.07) is 5.91. The number of thiophene rings is 1. The highest BCUT2D eigenvalue weighted by molar-refractivity contribution is 7.09. The van der Waals surface area contributed by atoms with Gasteiger partial charge in [-0.05, 0) is 24.4 Å². The highest BCUT2D eigenvalue weighted by Gasteiger charge is 2.17. The van der Waals surface area contributed by atoms with Gasteiger partial charge in [-0.25, -0.2) is 9.67 Å². The van der Waals surface area contributed by atoms with Crippen LogP contribution < -0.4 is 0 Å². The molecule has 0 saturated heterocycles. The Bertz CT molecular complexity index is 789. The average molecular weight is 300 g/mol. The lowest BCUT2D eigenvalue weighted by atomic mass is 10.1. The van der Waals surface area contributed by atoms with Gasteiger partial charge in [-0.3, -0.25) is 4.79 Å². The van der Waals surface area contributed by atoms with Crippen LogP contribution in [0.2, 0.25) is 0 Å². The Morgan fingerprint density at radius 2 is 2.24 bits per heavy atom. The number of hydrogen-bond donors (Lipinski definition) is 0. The van der Waals surface area contributed by atoms with Crippen LogP contribution >= 0.6 is 11.3 Å². The molecule has 0 aliphatic rings. The molecule has 0 fully saturated rings. The zero-order valence-corrected chi connectivity index (χ0v) is 13.0. The lowest BCUT2D eigenvalue weighted by molar-refractivity contribution is 0.0829. The van der Waals surface area contributed by atoms with Crippen molar-refractivity contribution in [1.82, 2.24) is 19.7 Å². The van der Waals surface area contributed by atoms with Gasteiger partial charge in [0.15, 0.2) is 5.65 Å². The molecule has 0 unspecified atom stereocenters. The molecule has 0 N–H and O–H groups in total. The SMILES string of the molecule is Cc1cc(C(=O)N(C)C)c2cnn(Cc3cccs3)c2n1. The molecule has 3 aromatic rings. The summed E-state index contributed by atoms with van der Waals surface area (Å²) in [5, 5.41) is 7.25. The Balaban J connectivity index is 2.11. The van der Waals surface area contributed by atoms with Gasteiger partial charge in [0.2, 0.25) is 0 Å². The number of carbonyl (C=O) groups excluding carboxylic acids is 1. The van der Waals surface area contributed by atoms with Gasteiger partial charge in [0.05, 0.1) is 23.7 Å². The number of aromatic nitrogens is 3. The van der Waals surface area contributed by atoms with Crippen LogP contribution in [-0.4, -0.2) is 39.7 Å². The van der Waals surface area contributed by atoms with Crippen molar-refractivity contribution in [2.45, 2.75) is 13.5 Å². The smallest absolute Gasteiger partial charge is 0.254 e. The fourth-order valence-electron chi connectivity index (χ4n) is 2.26. The number of pyridine rings is 1. The first-order valence-corrected chi connectivity index (χ1v) is 7.51. The van der Waals surface area contributed by atoms with E-state index in [1.54, 1.807) is 36.5 Å². The fraction of sp³-hybridized carbons (Fsp3) is 0.267. The van der Waals surface area contributed by atoms with Crippen molar-refractivity contribution in [2.24, 2.45) is 0 Å². The average Bonchev–Trinajstić information content (AvgIpc) is 3.08. The van der Waals surface area contributed by atoms with E-state index in [-0.39, 0.29) is 5.91 Å².